The average Bonchev–Trinajstić information content (AvgIpc) is 3.15. The monoisotopic (exact) mass is 326 g/mol. The van der Waals surface area contributed by atoms with Crippen molar-refractivity contribution in [3.05, 3.63) is 42.0 Å². The zero-order valence-electron chi connectivity index (χ0n) is 13.1. The molecule has 24 heavy (non-hydrogen) atoms. The number of piperidine rings is 1. The number of fused-ring (bicyclic) bond motifs is 1. The average molecular weight is 326 g/mol. The quantitative estimate of drug-likeness (QED) is 0.885. The lowest BCUT2D eigenvalue weighted by Crippen LogP contribution is -2.39. The molecule has 2 amide bonds. The number of aromatic nitrogens is 2. The number of H-pyrrole nitrogens is 1. The Kier molecular flexibility index (Phi) is 3.68. The van der Waals surface area contributed by atoms with Crippen LogP contribution in [0.3, 0.4) is 0 Å². The van der Waals surface area contributed by atoms with E-state index >= 15 is 0 Å². The summed E-state index contributed by atoms with van der Waals surface area (Å²) in [4.78, 5) is 33.8. The molecule has 1 atom stereocenters. The summed E-state index contributed by atoms with van der Waals surface area (Å²) in [6.07, 6.45) is 6.43. The van der Waals surface area contributed by atoms with Gasteiger partial charge in [-0.05, 0) is 37.5 Å². The van der Waals surface area contributed by atoms with Crippen molar-refractivity contribution in [1.82, 2.24) is 14.9 Å². The molecular formula is C17H18N4O3. The SMILES string of the molecule is O=C1COc2ccc(C(=O)N3CCCCC3c3ncc[nH]3)cc2N1. The largest absolute Gasteiger partial charge is 0.482 e. The van der Waals surface area contributed by atoms with Gasteiger partial charge in [-0.25, -0.2) is 4.98 Å². The molecular weight excluding hydrogens is 308 g/mol. The lowest BCUT2D eigenvalue weighted by atomic mass is 10.00. The molecule has 3 heterocycles. The maximum Gasteiger partial charge on any atom is 0.262 e. The van der Waals surface area contributed by atoms with Gasteiger partial charge in [0.25, 0.3) is 11.8 Å². The summed E-state index contributed by atoms with van der Waals surface area (Å²) in [5.41, 5.74) is 1.08. The van der Waals surface area contributed by atoms with E-state index in [1.54, 1.807) is 30.6 Å². The first kappa shape index (κ1) is 14.7. The normalized spacial score (nSPS) is 20.1. The molecule has 1 aromatic heterocycles. The molecule has 2 aromatic rings. The van der Waals surface area contributed by atoms with Crippen LogP contribution in [0.25, 0.3) is 0 Å². The number of carbonyl (C=O) groups is 2. The van der Waals surface area contributed by atoms with Crippen molar-refractivity contribution in [3.63, 3.8) is 0 Å². The zero-order chi connectivity index (χ0) is 16.5. The highest BCUT2D eigenvalue weighted by atomic mass is 16.5. The number of anilines is 1. The molecule has 7 nitrogen and oxygen atoms in total. The van der Waals surface area contributed by atoms with Crippen LogP contribution in [-0.4, -0.2) is 39.8 Å². The first-order chi connectivity index (χ1) is 11.7. The molecule has 1 saturated heterocycles. The molecule has 0 aliphatic carbocycles. The highest BCUT2D eigenvalue weighted by Crippen LogP contribution is 2.33. The Bertz CT molecular complexity index is 772. The Hall–Kier alpha value is -2.83. The van der Waals surface area contributed by atoms with E-state index < -0.39 is 0 Å². The van der Waals surface area contributed by atoms with Gasteiger partial charge in [0, 0.05) is 24.5 Å². The molecule has 124 valence electrons. The third-order valence-electron chi connectivity index (χ3n) is 4.46. The Morgan fingerprint density at radius 3 is 3.08 bits per heavy atom. The summed E-state index contributed by atoms with van der Waals surface area (Å²) in [6, 6.07) is 5.12. The lowest BCUT2D eigenvalue weighted by molar-refractivity contribution is -0.118. The van der Waals surface area contributed by atoms with E-state index in [2.05, 4.69) is 15.3 Å². The fourth-order valence-corrected chi connectivity index (χ4v) is 3.30. The topological polar surface area (TPSA) is 87.3 Å². The van der Waals surface area contributed by atoms with Crippen molar-refractivity contribution in [2.75, 3.05) is 18.5 Å². The van der Waals surface area contributed by atoms with E-state index in [4.69, 9.17) is 4.74 Å². The lowest BCUT2D eigenvalue weighted by Gasteiger charge is -2.34. The van der Waals surface area contributed by atoms with E-state index in [1.807, 2.05) is 4.90 Å². The third kappa shape index (κ3) is 2.62. The van der Waals surface area contributed by atoms with Crippen molar-refractivity contribution in [2.45, 2.75) is 25.3 Å². The number of nitrogens with zero attached hydrogens (tertiary/aromatic N) is 2. The van der Waals surface area contributed by atoms with Gasteiger partial charge in [0.05, 0.1) is 11.7 Å². The van der Waals surface area contributed by atoms with E-state index in [0.29, 0.717) is 23.5 Å². The Morgan fingerprint density at radius 2 is 2.25 bits per heavy atom. The predicted octanol–water partition coefficient (Wildman–Crippen LogP) is 2.11. The van der Waals surface area contributed by atoms with E-state index in [-0.39, 0.29) is 24.5 Å². The Morgan fingerprint density at radius 1 is 1.33 bits per heavy atom. The molecule has 7 heteroatoms. The number of ether oxygens (including phenoxy) is 1. The molecule has 2 aliphatic heterocycles. The molecule has 0 radical (unpaired) electrons. The number of benzene rings is 1. The molecule has 0 saturated carbocycles. The number of nitrogens with one attached hydrogen (secondary N) is 2. The molecule has 1 unspecified atom stereocenters. The van der Waals surface area contributed by atoms with Crippen LogP contribution in [0, 0.1) is 0 Å². The molecule has 0 bridgehead atoms. The second-order valence-corrected chi connectivity index (χ2v) is 6.03. The number of hydrogen-bond donors (Lipinski definition) is 2. The van der Waals surface area contributed by atoms with E-state index in [1.165, 1.54) is 0 Å². The molecule has 1 aromatic carbocycles. The summed E-state index contributed by atoms with van der Waals surface area (Å²) < 4.78 is 5.34. The van der Waals surface area contributed by atoms with Crippen LogP contribution < -0.4 is 10.1 Å². The summed E-state index contributed by atoms with van der Waals surface area (Å²) in [6.45, 7) is 0.705. The molecule has 1 fully saturated rings. The number of amides is 2. The Balaban J connectivity index is 1.62. The zero-order valence-corrected chi connectivity index (χ0v) is 13.1. The molecule has 2 aliphatic rings. The Labute approximate surface area is 139 Å². The first-order valence-electron chi connectivity index (χ1n) is 8.09. The van der Waals surface area contributed by atoms with Gasteiger partial charge < -0.3 is 19.9 Å². The second kappa shape index (κ2) is 5.99. The van der Waals surface area contributed by atoms with Crippen molar-refractivity contribution >= 4 is 17.5 Å². The number of imidazole rings is 1. The van der Waals surface area contributed by atoms with Gasteiger partial charge >= 0.3 is 0 Å². The van der Waals surface area contributed by atoms with Gasteiger partial charge in [-0.3, -0.25) is 9.59 Å². The minimum atomic E-state index is -0.210. The standard InChI is InChI=1S/C17H18N4O3/c22-15-10-24-14-5-4-11(9-12(14)20-15)17(23)21-8-2-1-3-13(21)16-18-6-7-19-16/h4-7,9,13H,1-3,8,10H2,(H,18,19)(H,20,22). The summed E-state index contributed by atoms with van der Waals surface area (Å²) in [5.74, 6) is 1.14. The highest BCUT2D eigenvalue weighted by Gasteiger charge is 2.30. The van der Waals surface area contributed by atoms with Crippen LogP contribution in [0.1, 0.15) is 41.5 Å². The van der Waals surface area contributed by atoms with Crippen molar-refractivity contribution in [3.8, 4) is 5.75 Å². The van der Waals surface area contributed by atoms with Crippen LogP contribution in [0.15, 0.2) is 30.6 Å². The smallest absolute Gasteiger partial charge is 0.262 e. The predicted molar refractivity (Wildman–Crippen MR) is 86.8 cm³/mol. The first-order valence-corrected chi connectivity index (χ1v) is 8.09. The number of likely N-dealkylation sites (tertiary alicyclic amines) is 1. The van der Waals surface area contributed by atoms with Gasteiger partial charge in [0.15, 0.2) is 6.61 Å². The van der Waals surface area contributed by atoms with Crippen LogP contribution >= 0.6 is 0 Å². The summed E-state index contributed by atoms with van der Waals surface area (Å²) in [7, 11) is 0. The third-order valence-corrected chi connectivity index (χ3v) is 4.46. The van der Waals surface area contributed by atoms with Gasteiger partial charge in [0.1, 0.15) is 11.6 Å². The fraction of sp³-hybridized carbons (Fsp3) is 0.353. The van der Waals surface area contributed by atoms with Crippen LogP contribution in [-0.2, 0) is 4.79 Å². The minimum absolute atomic E-state index is 0.00693. The summed E-state index contributed by atoms with van der Waals surface area (Å²) >= 11 is 0. The van der Waals surface area contributed by atoms with E-state index in [9.17, 15) is 9.59 Å². The number of hydrogen-bond acceptors (Lipinski definition) is 4. The van der Waals surface area contributed by atoms with Crippen molar-refractivity contribution in [1.29, 1.82) is 0 Å². The second-order valence-electron chi connectivity index (χ2n) is 6.03. The van der Waals surface area contributed by atoms with Crippen LogP contribution in [0.5, 0.6) is 5.75 Å². The summed E-state index contributed by atoms with van der Waals surface area (Å²) in [5, 5.41) is 2.74. The maximum absolute atomic E-state index is 13.0. The van der Waals surface area contributed by atoms with Gasteiger partial charge in [-0.2, -0.15) is 0 Å². The van der Waals surface area contributed by atoms with Gasteiger partial charge in [-0.1, -0.05) is 0 Å². The van der Waals surface area contributed by atoms with Crippen molar-refractivity contribution in [2.24, 2.45) is 0 Å². The van der Waals surface area contributed by atoms with Gasteiger partial charge in [-0.15, -0.1) is 0 Å². The number of aromatic amines is 1. The fourth-order valence-electron chi connectivity index (χ4n) is 3.30. The highest BCUT2D eigenvalue weighted by molar-refractivity contribution is 6.00. The molecule has 4 rings (SSSR count). The van der Waals surface area contributed by atoms with Crippen molar-refractivity contribution < 1.29 is 14.3 Å². The number of rotatable bonds is 2. The van der Waals surface area contributed by atoms with Crippen LogP contribution in [0.4, 0.5) is 5.69 Å². The number of carbonyl (C=O) groups excluding carboxylic acids is 2. The van der Waals surface area contributed by atoms with Gasteiger partial charge in [0.2, 0.25) is 0 Å². The molecule has 2 N–H and O–H groups in total. The minimum Gasteiger partial charge on any atom is -0.482 e. The molecule has 0 spiro atoms. The maximum atomic E-state index is 13.0. The van der Waals surface area contributed by atoms with Crippen LogP contribution in [0.2, 0.25) is 0 Å². The van der Waals surface area contributed by atoms with E-state index in [0.717, 1.165) is 25.1 Å².